The molecule has 1 amide bonds. The minimum Gasteiger partial charge on any atom is -0.492 e. The Kier molecular flexibility index (Phi) is 5.48. The largest absolute Gasteiger partial charge is 0.492 e. The molecule has 1 unspecified atom stereocenters. The smallest absolute Gasteiger partial charge is 0.225 e. The summed E-state index contributed by atoms with van der Waals surface area (Å²) in [6, 6.07) is 7.24. The quantitative estimate of drug-likeness (QED) is 0.777. The summed E-state index contributed by atoms with van der Waals surface area (Å²) < 4.78 is 5.60. The molecule has 0 aromatic heterocycles. The summed E-state index contributed by atoms with van der Waals surface area (Å²) in [5.41, 5.74) is 0. The molecule has 0 N–H and O–H groups in total. The van der Waals surface area contributed by atoms with Crippen LogP contribution in [0.2, 0.25) is 5.02 Å². The molecule has 1 aliphatic rings. The monoisotopic (exact) mass is 293 g/mol. The molecule has 0 radical (unpaired) electrons. The van der Waals surface area contributed by atoms with Crippen molar-refractivity contribution >= 4 is 17.5 Å². The van der Waals surface area contributed by atoms with Gasteiger partial charge in [-0.3, -0.25) is 4.79 Å². The van der Waals surface area contributed by atoms with Gasteiger partial charge in [0.25, 0.3) is 0 Å². The number of likely N-dealkylation sites (N-methyl/N-ethyl adjacent to an activating group) is 1. The van der Waals surface area contributed by atoms with Gasteiger partial charge in [0.2, 0.25) is 5.91 Å². The van der Waals surface area contributed by atoms with Gasteiger partial charge in [0.1, 0.15) is 12.4 Å². The SMILES string of the molecule is CN(CCOc1ccc(Cl)cc1)C(=O)C1CC=CCC1. The van der Waals surface area contributed by atoms with Crippen LogP contribution in [0.4, 0.5) is 0 Å². The lowest BCUT2D eigenvalue weighted by Crippen LogP contribution is -2.36. The lowest BCUT2D eigenvalue weighted by atomic mass is 9.93. The highest BCUT2D eigenvalue weighted by molar-refractivity contribution is 6.30. The van der Waals surface area contributed by atoms with Crippen molar-refractivity contribution in [3.05, 3.63) is 41.4 Å². The number of benzene rings is 1. The number of allylic oxidation sites excluding steroid dienone is 2. The van der Waals surface area contributed by atoms with Crippen molar-refractivity contribution in [2.45, 2.75) is 19.3 Å². The average Bonchev–Trinajstić information content (AvgIpc) is 2.49. The van der Waals surface area contributed by atoms with Gasteiger partial charge < -0.3 is 9.64 Å². The third kappa shape index (κ3) is 4.27. The number of carbonyl (C=O) groups is 1. The van der Waals surface area contributed by atoms with E-state index < -0.39 is 0 Å². The van der Waals surface area contributed by atoms with Crippen molar-refractivity contribution in [1.82, 2.24) is 4.90 Å². The third-order valence-electron chi connectivity index (χ3n) is 3.50. The molecular formula is C16H20ClNO2. The van der Waals surface area contributed by atoms with Crippen LogP contribution in [0.3, 0.4) is 0 Å². The Hall–Kier alpha value is -1.48. The van der Waals surface area contributed by atoms with Crippen LogP contribution in [-0.2, 0) is 4.79 Å². The number of ether oxygens (including phenoxy) is 1. The highest BCUT2D eigenvalue weighted by Crippen LogP contribution is 2.20. The lowest BCUT2D eigenvalue weighted by molar-refractivity contribution is -0.134. The summed E-state index contributed by atoms with van der Waals surface area (Å²) in [4.78, 5) is 14.0. The summed E-state index contributed by atoms with van der Waals surface area (Å²) in [5.74, 6) is 1.13. The maximum atomic E-state index is 12.2. The summed E-state index contributed by atoms with van der Waals surface area (Å²) in [6.45, 7) is 1.09. The molecule has 1 aromatic rings. The van der Waals surface area contributed by atoms with E-state index in [2.05, 4.69) is 12.2 Å². The van der Waals surface area contributed by atoms with E-state index in [1.807, 2.05) is 19.2 Å². The van der Waals surface area contributed by atoms with E-state index in [4.69, 9.17) is 16.3 Å². The number of amides is 1. The van der Waals surface area contributed by atoms with Gasteiger partial charge in [-0.2, -0.15) is 0 Å². The molecule has 0 saturated carbocycles. The molecule has 1 aromatic carbocycles. The van der Waals surface area contributed by atoms with Crippen LogP contribution in [0.5, 0.6) is 5.75 Å². The molecule has 0 spiro atoms. The molecule has 0 heterocycles. The topological polar surface area (TPSA) is 29.5 Å². The fourth-order valence-electron chi connectivity index (χ4n) is 2.27. The first-order valence-corrected chi connectivity index (χ1v) is 7.33. The zero-order valence-corrected chi connectivity index (χ0v) is 12.5. The number of carbonyl (C=O) groups excluding carboxylic acids is 1. The van der Waals surface area contributed by atoms with Crippen LogP contribution in [0.1, 0.15) is 19.3 Å². The van der Waals surface area contributed by atoms with Crippen LogP contribution < -0.4 is 4.74 Å². The van der Waals surface area contributed by atoms with Gasteiger partial charge in [-0.25, -0.2) is 0 Å². The highest BCUT2D eigenvalue weighted by Gasteiger charge is 2.21. The molecule has 108 valence electrons. The summed E-state index contributed by atoms with van der Waals surface area (Å²) in [6.07, 6.45) is 7.07. The normalized spacial score (nSPS) is 17.8. The summed E-state index contributed by atoms with van der Waals surface area (Å²) in [5, 5.41) is 0.690. The van der Waals surface area contributed by atoms with Crippen LogP contribution >= 0.6 is 11.6 Å². The standard InChI is InChI=1S/C16H20ClNO2/c1-18(16(19)13-5-3-2-4-6-13)11-12-20-15-9-7-14(17)8-10-15/h2-3,7-10,13H,4-6,11-12H2,1H3. The van der Waals surface area contributed by atoms with E-state index in [-0.39, 0.29) is 11.8 Å². The predicted molar refractivity (Wildman–Crippen MR) is 81.1 cm³/mol. The van der Waals surface area contributed by atoms with E-state index in [1.54, 1.807) is 17.0 Å². The zero-order chi connectivity index (χ0) is 14.4. The van der Waals surface area contributed by atoms with Crippen molar-refractivity contribution in [3.8, 4) is 5.75 Å². The zero-order valence-electron chi connectivity index (χ0n) is 11.7. The minimum atomic E-state index is 0.139. The molecule has 2 rings (SSSR count). The Balaban J connectivity index is 1.74. The van der Waals surface area contributed by atoms with Gasteiger partial charge in [-0.15, -0.1) is 0 Å². The molecule has 1 aliphatic carbocycles. The first-order valence-electron chi connectivity index (χ1n) is 6.95. The second-order valence-electron chi connectivity index (χ2n) is 5.04. The molecule has 3 nitrogen and oxygen atoms in total. The molecule has 0 fully saturated rings. The number of nitrogens with zero attached hydrogens (tertiary/aromatic N) is 1. The second kappa shape index (κ2) is 7.34. The Morgan fingerprint density at radius 1 is 1.35 bits per heavy atom. The van der Waals surface area contributed by atoms with E-state index in [9.17, 15) is 4.79 Å². The Morgan fingerprint density at radius 2 is 2.10 bits per heavy atom. The molecule has 4 heteroatoms. The Bertz CT molecular complexity index is 470. The average molecular weight is 294 g/mol. The van der Waals surface area contributed by atoms with Crippen molar-refractivity contribution in [1.29, 1.82) is 0 Å². The maximum absolute atomic E-state index is 12.2. The van der Waals surface area contributed by atoms with Crippen molar-refractivity contribution in [3.63, 3.8) is 0 Å². The van der Waals surface area contributed by atoms with Crippen LogP contribution in [0, 0.1) is 5.92 Å². The Labute approximate surface area is 125 Å². The number of halogens is 1. The second-order valence-corrected chi connectivity index (χ2v) is 5.48. The highest BCUT2D eigenvalue weighted by atomic mass is 35.5. The first kappa shape index (κ1) is 14.9. The van der Waals surface area contributed by atoms with Crippen molar-refractivity contribution in [2.24, 2.45) is 5.92 Å². The predicted octanol–water partition coefficient (Wildman–Crippen LogP) is 3.53. The molecule has 0 bridgehead atoms. The van der Waals surface area contributed by atoms with E-state index in [1.165, 1.54) is 0 Å². The van der Waals surface area contributed by atoms with Crippen molar-refractivity contribution < 1.29 is 9.53 Å². The summed E-state index contributed by atoms with van der Waals surface area (Å²) >= 11 is 5.81. The van der Waals surface area contributed by atoms with E-state index in [0.717, 1.165) is 25.0 Å². The maximum Gasteiger partial charge on any atom is 0.225 e. The van der Waals surface area contributed by atoms with Crippen LogP contribution in [-0.4, -0.2) is 31.0 Å². The van der Waals surface area contributed by atoms with Crippen molar-refractivity contribution in [2.75, 3.05) is 20.2 Å². The number of hydrogen-bond acceptors (Lipinski definition) is 2. The van der Waals surface area contributed by atoms with Crippen LogP contribution in [0.25, 0.3) is 0 Å². The fraction of sp³-hybridized carbons (Fsp3) is 0.438. The van der Waals surface area contributed by atoms with Gasteiger partial charge in [-0.1, -0.05) is 23.8 Å². The van der Waals surface area contributed by atoms with E-state index in [0.29, 0.717) is 18.2 Å². The van der Waals surface area contributed by atoms with E-state index >= 15 is 0 Å². The fourth-order valence-corrected chi connectivity index (χ4v) is 2.40. The number of hydrogen-bond donors (Lipinski definition) is 0. The lowest BCUT2D eigenvalue weighted by Gasteiger charge is -2.24. The molecule has 1 atom stereocenters. The summed E-state index contributed by atoms with van der Waals surface area (Å²) in [7, 11) is 1.84. The number of rotatable bonds is 5. The van der Waals surface area contributed by atoms with Gasteiger partial charge >= 0.3 is 0 Å². The van der Waals surface area contributed by atoms with Gasteiger partial charge in [0.05, 0.1) is 6.54 Å². The molecule has 20 heavy (non-hydrogen) atoms. The molecule has 0 saturated heterocycles. The Morgan fingerprint density at radius 3 is 2.75 bits per heavy atom. The van der Waals surface area contributed by atoms with Gasteiger partial charge in [-0.05, 0) is 43.5 Å². The first-order chi connectivity index (χ1) is 9.66. The third-order valence-corrected chi connectivity index (χ3v) is 3.76. The molecule has 0 aliphatic heterocycles. The molecular weight excluding hydrogens is 274 g/mol. The van der Waals surface area contributed by atoms with Gasteiger partial charge in [0, 0.05) is 18.0 Å². The minimum absolute atomic E-state index is 0.139. The van der Waals surface area contributed by atoms with Crippen LogP contribution in [0.15, 0.2) is 36.4 Å². The van der Waals surface area contributed by atoms with Gasteiger partial charge in [0.15, 0.2) is 0 Å².